The highest BCUT2D eigenvalue weighted by atomic mass is 32.2. The number of rotatable bonds is 8. The molecular formula is C17H39NO2SSi. The molecule has 1 N–H and O–H groups in total. The summed E-state index contributed by atoms with van der Waals surface area (Å²) in [5.41, 5.74) is -0.232. The maximum Gasteiger partial charge on any atom is 0.192 e. The van der Waals surface area contributed by atoms with E-state index in [4.69, 9.17) is 4.43 Å². The predicted octanol–water partition coefficient (Wildman–Crippen LogP) is 5.01. The highest BCUT2D eigenvalue weighted by molar-refractivity contribution is 7.90. The van der Waals surface area contributed by atoms with Gasteiger partial charge in [0.25, 0.3) is 0 Å². The zero-order valence-corrected chi connectivity index (χ0v) is 18.4. The van der Waals surface area contributed by atoms with Crippen molar-refractivity contribution in [3.63, 3.8) is 0 Å². The second kappa shape index (κ2) is 8.02. The Morgan fingerprint density at radius 1 is 1.05 bits per heavy atom. The monoisotopic (exact) mass is 349 g/mol. The van der Waals surface area contributed by atoms with Crippen LogP contribution in [0.15, 0.2) is 0 Å². The third-order valence-electron chi connectivity index (χ3n) is 4.54. The lowest BCUT2D eigenvalue weighted by atomic mass is 9.98. The topological polar surface area (TPSA) is 44.3 Å². The van der Waals surface area contributed by atoms with Gasteiger partial charge in [-0.25, -0.2) is 0 Å². The highest BCUT2D eigenvalue weighted by Gasteiger charge is 2.41. The van der Waals surface area contributed by atoms with Gasteiger partial charge in [0.1, 0.15) is 4.75 Å². The molecular weight excluding hydrogens is 310 g/mol. The van der Waals surface area contributed by atoms with Gasteiger partial charge in [-0.1, -0.05) is 40.5 Å². The minimum atomic E-state index is -1.79. The lowest BCUT2D eigenvalue weighted by Gasteiger charge is -2.41. The van der Waals surface area contributed by atoms with Crippen LogP contribution in [-0.2, 0) is 15.8 Å². The molecule has 0 saturated heterocycles. The van der Waals surface area contributed by atoms with E-state index in [0.717, 1.165) is 19.3 Å². The fourth-order valence-electron chi connectivity index (χ4n) is 1.65. The largest absolute Gasteiger partial charge is 0.598 e. The first-order valence-electron chi connectivity index (χ1n) is 8.48. The minimum Gasteiger partial charge on any atom is -0.598 e. The van der Waals surface area contributed by atoms with Crippen LogP contribution in [0.5, 0.6) is 0 Å². The van der Waals surface area contributed by atoms with Crippen LogP contribution in [0.2, 0.25) is 18.1 Å². The molecule has 134 valence electrons. The van der Waals surface area contributed by atoms with Crippen LogP contribution in [0, 0.1) is 0 Å². The second-order valence-corrected chi connectivity index (χ2v) is 16.0. The highest BCUT2D eigenvalue weighted by Crippen LogP contribution is 2.37. The molecule has 0 fully saturated rings. The fourth-order valence-corrected chi connectivity index (χ4v) is 3.68. The Balaban J connectivity index is 4.97. The third kappa shape index (κ3) is 7.34. The van der Waals surface area contributed by atoms with E-state index in [1.54, 1.807) is 0 Å². The Hall–Kier alpha value is 0.447. The van der Waals surface area contributed by atoms with Gasteiger partial charge in [0.15, 0.2) is 8.32 Å². The molecule has 0 saturated carbocycles. The summed E-state index contributed by atoms with van der Waals surface area (Å²) in [5, 5.41) is 0.196. The Kier molecular flexibility index (Phi) is 8.18. The van der Waals surface area contributed by atoms with Gasteiger partial charge in [-0.05, 0) is 52.2 Å². The summed E-state index contributed by atoms with van der Waals surface area (Å²) in [5.74, 6) is 0. The Bertz CT molecular complexity index is 337. The van der Waals surface area contributed by atoms with Crippen LogP contribution in [0.4, 0.5) is 0 Å². The van der Waals surface area contributed by atoms with E-state index in [1.165, 1.54) is 0 Å². The summed E-state index contributed by atoms with van der Waals surface area (Å²) in [4.78, 5) is 0. The van der Waals surface area contributed by atoms with Crippen molar-refractivity contribution < 1.29 is 8.98 Å². The molecule has 0 aliphatic carbocycles. The molecule has 0 aromatic heterocycles. The van der Waals surface area contributed by atoms with Crippen LogP contribution in [-0.4, -0.2) is 29.8 Å². The van der Waals surface area contributed by atoms with Crippen molar-refractivity contribution in [2.75, 3.05) is 6.61 Å². The zero-order valence-electron chi connectivity index (χ0n) is 16.6. The quantitative estimate of drug-likeness (QED) is 0.495. The molecule has 5 heteroatoms. The van der Waals surface area contributed by atoms with Gasteiger partial charge in [0, 0.05) is 11.4 Å². The first-order chi connectivity index (χ1) is 9.65. The molecule has 0 aromatic rings. The van der Waals surface area contributed by atoms with Crippen molar-refractivity contribution in [2.24, 2.45) is 0 Å². The summed E-state index contributed by atoms with van der Waals surface area (Å²) in [6.07, 6.45) is 3.24. The lowest BCUT2D eigenvalue weighted by molar-refractivity contribution is 0.187. The van der Waals surface area contributed by atoms with Crippen LogP contribution < -0.4 is 4.72 Å². The van der Waals surface area contributed by atoms with E-state index >= 15 is 0 Å². The van der Waals surface area contributed by atoms with Crippen molar-refractivity contribution in [3.8, 4) is 0 Å². The molecule has 0 heterocycles. The summed E-state index contributed by atoms with van der Waals surface area (Å²) in [7, 11) is -1.79. The van der Waals surface area contributed by atoms with Gasteiger partial charge in [-0.2, -0.15) is 0 Å². The maximum atomic E-state index is 12.5. The van der Waals surface area contributed by atoms with E-state index in [-0.39, 0.29) is 15.3 Å². The molecule has 0 spiro atoms. The smallest absolute Gasteiger partial charge is 0.192 e. The third-order valence-corrected chi connectivity index (χ3v) is 10.8. The molecule has 3 nitrogen and oxygen atoms in total. The van der Waals surface area contributed by atoms with Crippen molar-refractivity contribution in [2.45, 2.75) is 103 Å². The van der Waals surface area contributed by atoms with Crippen molar-refractivity contribution >= 4 is 19.7 Å². The van der Waals surface area contributed by atoms with Crippen molar-refractivity contribution in [3.05, 3.63) is 0 Å². The normalized spacial score (nSPS) is 18.1. The van der Waals surface area contributed by atoms with Gasteiger partial charge >= 0.3 is 0 Å². The zero-order chi connectivity index (χ0) is 17.8. The molecule has 0 aromatic carbocycles. The average molecular weight is 350 g/mol. The number of unbranched alkanes of at least 4 members (excludes halogenated alkanes) is 1. The van der Waals surface area contributed by atoms with Gasteiger partial charge < -0.3 is 8.98 Å². The van der Waals surface area contributed by atoms with Crippen LogP contribution >= 0.6 is 0 Å². The molecule has 0 amide bonds. The first kappa shape index (κ1) is 22.4. The summed E-state index contributed by atoms with van der Waals surface area (Å²) >= 11 is -1.07. The van der Waals surface area contributed by atoms with E-state index in [2.05, 4.69) is 52.4 Å². The number of hydrogen-bond acceptors (Lipinski definition) is 3. The molecule has 2 atom stereocenters. The van der Waals surface area contributed by atoms with Crippen LogP contribution in [0.25, 0.3) is 0 Å². The Morgan fingerprint density at radius 2 is 1.55 bits per heavy atom. The van der Waals surface area contributed by atoms with E-state index in [1.807, 2.05) is 20.8 Å². The molecule has 0 bridgehead atoms. The van der Waals surface area contributed by atoms with Gasteiger partial charge in [0.05, 0.1) is 12.1 Å². The first-order valence-corrected chi connectivity index (χ1v) is 12.5. The molecule has 0 aliphatic heterocycles. The van der Waals surface area contributed by atoms with Crippen LogP contribution in [0.1, 0.15) is 74.7 Å². The predicted molar refractivity (Wildman–Crippen MR) is 102 cm³/mol. The molecule has 1 unspecified atom stereocenters. The lowest BCUT2D eigenvalue weighted by Crippen LogP contribution is -2.56. The molecule has 0 radical (unpaired) electrons. The van der Waals surface area contributed by atoms with E-state index in [9.17, 15) is 4.55 Å². The van der Waals surface area contributed by atoms with Crippen molar-refractivity contribution in [1.82, 2.24) is 4.72 Å². The maximum absolute atomic E-state index is 12.5. The SMILES string of the molecule is CCCC[C@](C)(CO[Si](C)(C)C(C)(C)C)N[S+]([O-])C(C)(C)C. The van der Waals surface area contributed by atoms with Gasteiger partial charge in [0.2, 0.25) is 0 Å². The molecule has 0 aliphatic rings. The number of nitrogens with one attached hydrogen (secondary N) is 1. The Morgan fingerprint density at radius 3 is 1.91 bits per heavy atom. The van der Waals surface area contributed by atoms with Crippen molar-refractivity contribution in [1.29, 1.82) is 0 Å². The molecule has 22 heavy (non-hydrogen) atoms. The van der Waals surface area contributed by atoms with Gasteiger partial charge in [-0.3, -0.25) is 0 Å². The van der Waals surface area contributed by atoms with E-state index < -0.39 is 19.7 Å². The molecule has 0 rings (SSSR count). The Labute approximate surface area is 143 Å². The second-order valence-electron chi connectivity index (χ2n) is 9.20. The van der Waals surface area contributed by atoms with E-state index in [0.29, 0.717) is 6.61 Å². The standard InChI is InChI=1S/C17H39NO2SSi/c1-11-12-13-17(8,18-21(19)15(2,3)4)14-20-22(9,10)16(5,6)7/h18H,11-14H2,1-10H3/t17-,21?/m1/s1. The summed E-state index contributed by atoms with van der Waals surface area (Å²) in [6, 6.07) is 0. The summed E-state index contributed by atoms with van der Waals surface area (Å²) < 4.78 is 22.0. The van der Waals surface area contributed by atoms with Gasteiger partial charge in [-0.15, -0.1) is 4.72 Å². The fraction of sp³-hybridized carbons (Fsp3) is 1.00. The average Bonchev–Trinajstić information content (AvgIpc) is 2.32. The number of hydrogen-bond donors (Lipinski definition) is 1. The summed E-state index contributed by atoms with van der Waals surface area (Å²) in [6.45, 7) is 22.3. The minimum absolute atomic E-state index is 0.196. The van der Waals surface area contributed by atoms with Crippen LogP contribution in [0.3, 0.4) is 0 Å².